The first-order chi connectivity index (χ1) is 12.7. The van der Waals surface area contributed by atoms with Gasteiger partial charge in [-0.15, -0.1) is 11.3 Å². The van der Waals surface area contributed by atoms with Crippen molar-refractivity contribution >= 4 is 22.2 Å². The lowest BCUT2D eigenvalue weighted by molar-refractivity contribution is 0.0930. The van der Waals surface area contributed by atoms with Crippen LogP contribution in [0, 0.1) is 5.82 Å². The molecule has 0 bridgehead atoms. The van der Waals surface area contributed by atoms with Crippen molar-refractivity contribution in [3.63, 3.8) is 0 Å². The molecule has 1 aliphatic carbocycles. The molecule has 26 heavy (non-hydrogen) atoms. The Bertz CT molecular complexity index is 1010. The molecule has 2 N–H and O–H groups in total. The smallest absolute Gasteiger partial charge is 0.256 e. The van der Waals surface area contributed by atoms with Gasteiger partial charge in [0.25, 0.3) is 5.91 Å². The summed E-state index contributed by atoms with van der Waals surface area (Å²) in [7, 11) is 0. The van der Waals surface area contributed by atoms with Gasteiger partial charge in [0.05, 0.1) is 11.1 Å². The van der Waals surface area contributed by atoms with Crippen molar-refractivity contribution in [3.05, 3.63) is 64.0 Å². The van der Waals surface area contributed by atoms with Gasteiger partial charge < -0.3 is 15.1 Å². The average Bonchev–Trinajstić information content (AvgIpc) is 3.26. The van der Waals surface area contributed by atoms with Crippen LogP contribution >= 0.6 is 11.3 Å². The van der Waals surface area contributed by atoms with Crippen LogP contribution in [0.25, 0.3) is 11.3 Å². The van der Waals surface area contributed by atoms with E-state index in [4.69, 9.17) is 4.42 Å². The summed E-state index contributed by atoms with van der Waals surface area (Å²) in [4.78, 5) is 14.0. The summed E-state index contributed by atoms with van der Waals surface area (Å²) in [5.41, 5.74) is 2.40. The molecule has 1 unspecified atom stereocenters. The number of aryl methyl sites for hydroxylation is 1. The molecule has 1 aromatic carbocycles. The van der Waals surface area contributed by atoms with Crippen LogP contribution in [-0.2, 0) is 12.8 Å². The number of carbonyl (C=O) groups is 1. The molecule has 0 radical (unpaired) electrons. The number of anilines is 1. The Morgan fingerprint density at radius 3 is 2.81 bits per heavy atom. The highest BCUT2D eigenvalue weighted by Gasteiger charge is 2.33. The molecular weight excluding hydrogens is 351 g/mol. The summed E-state index contributed by atoms with van der Waals surface area (Å²) < 4.78 is 19.8. The fraction of sp³-hybridized carbons (Fsp3) is 0.250. The predicted molar refractivity (Wildman–Crippen MR) is 98.9 cm³/mol. The van der Waals surface area contributed by atoms with E-state index in [9.17, 15) is 9.18 Å². The summed E-state index contributed by atoms with van der Waals surface area (Å²) >= 11 is 1.67. The van der Waals surface area contributed by atoms with Crippen LogP contribution in [0.5, 0.6) is 0 Å². The minimum atomic E-state index is -0.448. The highest BCUT2D eigenvalue weighted by Crippen LogP contribution is 2.41. The van der Waals surface area contributed by atoms with E-state index in [2.05, 4.69) is 10.6 Å². The third-order valence-corrected chi connectivity index (χ3v) is 6.22. The molecule has 132 valence electrons. The van der Waals surface area contributed by atoms with Crippen molar-refractivity contribution in [3.8, 4) is 11.3 Å². The Balaban J connectivity index is 1.47. The Morgan fingerprint density at radius 1 is 1.08 bits per heavy atom. The molecule has 4 nitrogen and oxygen atoms in total. The lowest BCUT2D eigenvalue weighted by Gasteiger charge is -2.25. The van der Waals surface area contributed by atoms with Crippen molar-refractivity contribution in [2.24, 2.45) is 0 Å². The molecule has 1 aliphatic heterocycles. The SMILES string of the molecule is O=C1NC(c2ccc(-c3ccccc3F)o2)Nc2sc3c(c21)CCCC3. The van der Waals surface area contributed by atoms with Crippen molar-refractivity contribution in [2.45, 2.75) is 31.8 Å². The van der Waals surface area contributed by atoms with Crippen LogP contribution in [0.1, 0.15) is 45.6 Å². The number of fused-ring (bicyclic) bond motifs is 3. The maximum absolute atomic E-state index is 14.0. The molecule has 5 rings (SSSR count). The third-order valence-electron chi connectivity index (χ3n) is 5.00. The number of thiophene rings is 1. The molecule has 3 heterocycles. The normalized spacial score (nSPS) is 18.7. The minimum Gasteiger partial charge on any atom is -0.457 e. The number of furan rings is 1. The molecule has 2 aliphatic rings. The van der Waals surface area contributed by atoms with E-state index in [0.29, 0.717) is 17.1 Å². The van der Waals surface area contributed by atoms with Gasteiger partial charge >= 0.3 is 0 Å². The van der Waals surface area contributed by atoms with Gasteiger partial charge in [-0.3, -0.25) is 4.79 Å². The highest BCUT2D eigenvalue weighted by atomic mass is 32.1. The number of hydrogen-bond donors (Lipinski definition) is 2. The van der Waals surface area contributed by atoms with Crippen molar-refractivity contribution in [2.75, 3.05) is 5.32 Å². The minimum absolute atomic E-state index is 0.0630. The zero-order valence-electron chi connectivity index (χ0n) is 14.0. The Morgan fingerprint density at radius 2 is 1.92 bits per heavy atom. The van der Waals surface area contributed by atoms with E-state index >= 15 is 0 Å². The number of amides is 1. The molecule has 1 amide bonds. The summed E-state index contributed by atoms with van der Waals surface area (Å²) in [5.74, 6) is 0.619. The van der Waals surface area contributed by atoms with E-state index in [0.717, 1.165) is 29.8 Å². The Hall–Kier alpha value is -2.60. The fourth-order valence-corrected chi connectivity index (χ4v) is 5.05. The zero-order chi connectivity index (χ0) is 17.7. The number of halogens is 1. The van der Waals surface area contributed by atoms with E-state index in [1.807, 2.05) is 0 Å². The van der Waals surface area contributed by atoms with Crippen molar-refractivity contribution in [1.82, 2.24) is 5.32 Å². The third kappa shape index (κ3) is 2.44. The highest BCUT2D eigenvalue weighted by molar-refractivity contribution is 7.16. The van der Waals surface area contributed by atoms with E-state index in [-0.39, 0.29) is 11.7 Å². The van der Waals surface area contributed by atoms with Gasteiger partial charge in [-0.2, -0.15) is 0 Å². The quantitative estimate of drug-likeness (QED) is 0.678. The number of rotatable bonds is 2. The van der Waals surface area contributed by atoms with Crippen LogP contribution in [0.3, 0.4) is 0 Å². The van der Waals surface area contributed by atoms with E-state index in [1.54, 1.807) is 41.7 Å². The van der Waals surface area contributed by atoms with Gasteiger partial charge in [-0.1, -0.05) is 12.1 Å². The summed E-state index contributed by atoms with van der Waals surface area (Å²) in [6, 6.07) is 10.0. The lowest BCUT2D eigenvalue weighted by atomic mass is 9.94. The molecule has 3 aromatic rings. The number of nitrogens with one attached hydrogen (secondary N) is 2. The fourth-order valence-electron chi connectivity index (χ4n) is 3.73. The molecular formula is C20H17FN2O2S. The van der Waals surface area contributed by atoms with Gasteiger partial charge in [0, 0.05) is 4.88 Å². The maximum Gasteiger partial charge on any atom is 0.256 e. The second kappa shape index (κ2) is 5.99. The molecule has 1 atom stereocenters. The van der Waals surface area contributed by atoms with Gasteiger partial charge in [-0.25, -0.2) is 4.39 Å². The van der Waals surface area contributed by atoms with Crippen molar-refractivity contribution in [1.29, 1.82) is 0 Å². The van der Waals surface area contributed by atoms with Crippen LogP contribution in [0.2, 0.25) is 0 Å². The topological polar surface area (TPSA) is 54.3 Å². The van der Waals surface area contributed by atoms with Gasteiger partial charge in [0.2, 0.25) is 0 Å². The summed E-state index contributed by atoms with van der Waals surface area (Å²) in [6.45, 7) is 0. The summed E-state index contributed by atoms with van der Waals surface area (Å²) in [5, 5.41) is 7.26. The molecule has 0 saturated carbocycles. The molecule has 0 fully saturated rings. The Labute approximate surface area is 154 Å². The standard InChI is InChI=1S/C20H17FN2O2S/c21-13-7-3-1-5-11(13)14-9-10-15(25-14)18-22-19(24)17-12-6-2-4-8-16(12)26-20(17)23-18/h1,3,5,7,9-10,18,23H,2,4,6,8H2,(H,22,24). The van der Waals surface area contributed by atoms with Crippen LogP contribution < -0.4 is 10.6 Å². The first kappa shape index (κ1) is 15.6. The predicted octanol–water partition coefficient (Wildman–Crippen LogP) is 4.88. The zero-order valence-corrected chi connectivity index (χ0v) is 14.8. The van der Waals surface area contributed by atoms with Gasteiger partial charge in [-0.05, 0) is 55.5 Å². The lowest BCUT2D eigenvalue weighted by Crippen LogP contribution is -2.38. The first-order valence-electron chi connectivity index (χ1n) is 8.77. The largest absolute Gasteiger partial charge is 0.457 e. The average molecular weight is 368 g/mol. The van der Waals surface area contributed by atoms with E-state index in [1.165, 1.54) is 22.9 Å². The first-order valence-corrected chi connectivity index (χ1v) is 9.59. The number of carbonyl (C=O) groups excluding carboxylic acids is 1. The van der Waals surface area contributed by atoms with Crippen LogP contribution in [0.15, 0.2) is 40.8 Å². The second-order valence-electron chi connectivity index (χ2n) is 6.65. The molecule has 0 spiro atoms. The van der Waals surface area contributed by atoms with Crippen LogP contribution in [0.4, 0.5) is 9.39 Å². The molecule has 2 aromatic heterocycles. The van der Waals surface area contributed by atoms with Crippen molar-refractivity contribution < 1.29 is 13.6 Å². The number of benzene rings is 1. The van der Waals surface area contributed by atoms with E-state index < -0.39 is 6.17 Å². The maximum atomic E-state index is 14.0. The van der Waals surface area contributed by atoms with Gasteiger partial charge in [0.15, 0.2) is 6.17 Å². The Kier molecular flexibility index (Phi) is 3.60. The molecule has 0 saturated heterocycles. The van der Waals surface area contributed by atoms with Crippen LogP contribution in [-0.4, -0.2) is 5.91 Å². The number of hydrogen-bond acceptors (Lipinski definition) is 4. The monoisotopic (exact) mass is 368 g/mol. The second-order valence-corrected chi connectivity index (χ2v) is 7.75. The van der Waals surface area contributed by atoms with Gasteiger partial charge in [0.1, 0.15) is 22.3 Å². The molecule has 6 heteroatoms. The summed E-state index contributed by atoms with van der Waals surface area (Å²) in [6.07, 6.45) is 3.89.